The molecule has 0 atom stereocenters. The largest absolute Gasteiger partial charge is 0.493 e. The van der Waals surface area contributed by atoms with E-state index in [2.05, 4.69) is 16.3 Å². The van der Waals surface area contributed by atoms with Crippen molar-refractivity contribution in [3.05, 3.63) is 48.0 Å². The third-order valence-corrected chi connectivity index (χ3v) is 4.59. The molecule has 3 rings (SSSR count). The number of nitriles is 1. The average molecular weight is 366 g/mol. The molecule has 2 aromatic carbocycles. The summed E-state index contributed by atoms with van der Waals surface area (Å²) in [4.78, 5) is 16.5. The molecule has 0 saturated carbocycles. The van der Waals surface area contributed by atoms with Gasteiger partial charge >= 0.3 is 6.03 Å². The Labute approximate surface area is 158 Å². The van der Waals surface area contributed by atoms with Crippen molar-refractivity contribution in [2.45, 2.75) is 0 Å². The van der Waals surface area contributed by atoms with Crippen LogP contribution in [-0.4, -0.2) is 51.3 Å². The predicted molar refractivity (Wildman–Crippen MR) is 104 cm³/mol. The number of urea groups is 1. The molecular weight excluding hydrogens is 344 g/mol. The monoisotopic (exact) mass is 366 g/mol. The van der Waals surface area contributed by atoms with E-state index >= 15 is 0 Å². The summed E-state index contributed by atoms with van der Waals surface area (Å²) in [6.45, 7) is 2.61. The van der Waals surface area contributed by atoms with Crippen molar-refractivity contribution in [1.82, 2.24) is 4.90 Å². The summed E-state index contributed by atoms with van der Waals surface area (Å²) in [5.74, 6) is 1.37. The topological polar surface area (TPSA) is 77.8 Å². The number of carbonyl (C=O) groups excluding carboxylic acids is 1. The van der Waals surface area contributed by atoms with Gasteiger partial charge < -0.3 is 24.6 Å². The van der Waals surface area contributed by atoms with Gasteiger partial charge in [-0.15, -0.1) is 0 Å². The number of nitrogens with one attached hydrogen (secondary N) is 1. The molecule has 1 heterocycles. The van der Waals surface area contributed by atoms with Crippen LogP contribution in [0.2, 0.25) is 0 Å². The van der Waals surface area contributed by atoms with Gasteiger partial charge in [0.2, 0.25) is 0 Å². The van der Waals surface area contributed by atoms with Gasteiger partial charge in [-0.05, 0) is 24.3 Å². The van der Waals surface area contributed by atoms with Crippen LogP contribution < -0.4 is 19.7 Å². The maximum atomic E-state index is 12.5. The lowest BCUT2D eigenvalue weighted by Crippen LogP contribution is -2.50. The van der Waals surface area contributed by atoms with Gasteiger partial charge in [-0.3, -0.25) is 0 Å². The predicted octanol–water partition coefficient (Wildman–Crippen LogP) is 2.93. The molecule has 7 heteroatoms. The summed E-state index contributed by atoms with van der Waals surface area (Å²) in [7, 11) is 3.22. The van der Waals surface area contributed by atoms with E-state index in [0.29, 0.717) is 48.9 Å². The highest BCUT2D eigenvalue weighted by Crippen LogP contribution is 2.31. The van der Waals surface area contributed by atoms with Gasteiger partial charge in [0.25, 0.3) is 0 Å². The molecule has 1 saturated heterocycles. The van der Waals surface area contributed by atoms with Crippen molar-refractivity contribution in [2.24, 2.45) is 0 Å². The zero-order valence-corrected chi connectivity index (χ0v) is 15.4. The lowest BCUT2D eigenvalue weighted by Gasteiger charge is -2.36. The quantitative estimate of drug-likeness (QED) is 0.900. The van der Waals surface area contributed by atoms with Crippen molar-refractivity contribution in [1.29, 1.82) is 5.26 Å². The molecule has 0 unspecified atom stereocenters. The molecule has 1 aliphatic rings. The van der Waals surface area contributed by atoms with Crippen LogP contribution in [0.3, 0.4) is 0 Å². The van der Waals surface area contributed by atoms with Crippen molar-refractivity contribution >= 4 is 17.4 Å². The van der Waals surface area contributed by atoms with Gasteiger partial charge in [0.15, 0.2) is 11.5 Å². The molecule has 0 aliphatic carbocycles. The second-order valence-corrected chi connectivity index (χ2v) is 6.10. The zero-order chi connectivity index (χ0) is 19.2. The summed E-state index contributed by atoms with van der Waals surface area (Å²) in [5.41, 5.74) is 2.02. The Kier molecular flexibility index (Phi) is 5.67. The minimum Gasteiger partial charge on any atom is -0.493 e. The van der Waals surface area contributed by atoms with Gasteiger partial charge in [0, 0.05) is 37.9 Å². The second-order valence-electron chi connectivity index (χ2n) is 6.10. The first-order chi connectivity index (χ1) is 13.2. The first-order valence-corrected chi connectivity index (χ1v) is 8.68. The van der Waals surface area contributed by atoms with Gasteiger partial charge in [-0.2, -0.15) is 5.26 Å². The molecule has 1 aliphatic heterocycles. The van der Waals surface area contributed by atoms with Crippen LogP contribution in [-0.2, 0) is 0 Å². The fraction of sp³-hybridized carbons (Fsp3) is 0.300. The fourth-order valence-corrected chi connectivity index (χ4v) is 3.07. The van der Waals surface area contributed by atoms with Crippen LogP contribution in [0.25, 0.3) is 0 Å². The Hall–Kier alpha value is -3.40. The number of ether oxygens (including phenoxy) is 2. The molecule has 2 amide bonds. The number of para-hydroxylation sites is 1. The number of hydrogen-bond donors (Lipinski definition) is 1. The molecule has 0 bridgehead atoms. The number of methoxy groups -OCH3 is 2. The lowest BCUT2D eigenvalue weighted by molar-refractivity contribution is 0.208. The van der Waals surface area contributed by atoms with Crippen molar-refractivity contribution in [3.8, 4) is 17.6 Å². The summed E-state index contributed by atoms with van der Waals surface area (Å²) in [6.07, 6.45) is 0. The Balaban J connectivity index is 1.62. The number of piperazine rings is 1. The third kappa shape index (κ3) is 4.06. The minimum atomic E-state index is -0.190. The Morgan fingerprint density at radius 3 is 2.41 bits per heavy atom. The van der Waals surface area contributed by atoms with Crippen molar-refractivity contribution < 1.29 is 14.3 Å². The molecule has 27 heavy (non-hydrogen) atoms. The maximum Gasteiger partial charge on any atom is 0.322 e. The average Bonchev–Trinajstić information content (AvgIpc) is 2.73. The Bertz CT molecular complexity index is 855. The van der Waals surface area contributed by atoms with Gasteiger partial charge in [0.1, 0.15) is 6.07 Å². The molecule has 1 N–H and O–H groups in total. The molecule has 7 nitrogen and oxygen atoms in total. The molecule has 0 spiro atoms. The number of anilines is 2. The van der Waals surface area contributed by atoms with E-state index in [0.717, 1.165) is 5.69 Å². The van der Waals surface area contributed by atoms with E-state index in [-0.39, 0.29) is 6.03 Å². The maximum absolute atomic E-state index is 12.5. The zero-order valence-electron chi connectivity index (χ0n) is 15.4. The van der Waals surface area contributed by atoms with Crippen LogP contribution in [0, 0.1) is 11.3 Å². The van der Waals surface area contributed by atoms with E-state index in [9.17, 15) is 4.79 Å². The highest BCUT2D eigenvalue weighted by molar-refractivity contribution is 5.91. The highest BCUT2D eigenvalue weighted by Gasteiger charge is 2.22. The van der Waals surface area contributed by atoms with E-state index in [1.165, 1.54) is 0 Å². The van der Waals surface area contributed by atoms with Gasteiger partial charge in [-0.25, -0.2) is 4.79 Å². The third-order valence-electron chi connectivity index (χ3n) is 4.59. The number of amides is 2. The SMILES string of the molecule is COc1ccc(N2CCN(C(=O)Nc3ccccc3C#N)CC2)cc1OC. The van der Waals surface area contributed by atoms with Crippen LogP contribution in [0.5, 0.6) is 11.5 Å². The summed E-state index contributed by atoms with van der Waals surface area (Å²) >= 11 is 0. The van der Waals surface area contributed by atoms with Crippen molar-refractivity contribution in [2.75, 3.05) is 50.6 Å². The first-order valence-electron chi connectivity index (χ1n) is 8.68. The molecule has 0 radical (unpaired) electrons. The summed E-state index contributed by atoms with van der Waals surface area (Å²) in [6, 6.07) is 14.7. The van der Waals surface area contributed by atoms with Crippen LogP contribution in [0.15, 0.2) is 42.5 Å². The molecule has 140 valence electrons. The Morgan fingerprint density at radius 2 is 1.74 bits per heavy atom. The second kappa shape index (κ2) is 8.32. The van der Waals surface area contributed by atoms with Crippen LogP contribution in [0.4, 0.5) is 16.2 Å². The summed E-state index contributed by atoms with van der Waals surface area (Å²) < 4.78 is 10.6. The minimum absolute atomic E-state index is 0.190. The number of rotatable bonds is 4. The number of carbonyl (C=O) groups is 1. The molecular formula is C20H22N4O3. The Morgan fingerprint density at radius 1 is 1.04 bits per heavy atom. The summed E-state index contributed by atoms with van der Waals surface area (Å²) in [5, 5.41) is 12.0. The van der Waals surface area contributed by atoms with Crippen LogP contribution >= 0.6 is 0 Å². The molecule has 2 aromatic rings. The number of benzene rings is 2. The molecule has 0 aromatic heterocycles. The smallest absolute Gasteiger partial charge is 0.322 e. The van der Waals surface area contributed by atoms with Gasteiger partial charge in [0.05, 0.1) is 25.5 Å². The standard InChI is InChI=1S/C20H22N4O3/c1-26-18-8-7-16(13-19(18)27-2)23-9-11-24(12-10-23)20(25)22-17-6-4-3-5-15(17)14-21/h3-8,13H,9-12H2,1-2H3,(H,22,25). The van der Waals surface area contributed by atoms with Crippen LogP contribution in [0.1, 0.15) is 5.56 Å². The number of hydrogen-bond acceptors (Lipinski definition) is 5. The fourth-order valence-electron chi connectivity index (χ4n) is 3.07. The first kappa shape index (κ1) is 18.4. The molecule has 1 fully saturated rings. The van der Waals surface area contributed by atoms with Crippen molar-refractivity contribution in [3.63, 3.8) is 0 Å². The number of nitrogens with zero attached hydrogens (tertiary/aromatic N) is 3. The van der Waals surface area contributed by atoms with E-state index in [1.807, 2.05) is 18.2 Å². The van der Waals surface area contributed by atoms with E-state index < -0.39 is 0 Å². The van der Waals surface area contributed by atoms with E-state index in [4.69, 9.17) is 14.7 Å². The highest BCUT2D eigenvalue weighted by atomic mass is 16.5. The van der Waals surface area contributed by atoms with Gasteiger partial charge in [-0.1, -0.05) is 12.1 Å². The lowest BCUT2D eigenvalue weighted by atomic mass is 10.2. The normalized spacial score (nSPS) is 13.7. The van der Waals surface area contributed by atoms with E-state index in [1.54, 1.807) is 43.4 Å².